The van der Waals surface area contributed by atoms with E-state index >= 15 is 0 Å². The molecule has 0 aliphatic carbocycles. The van der Waals surface area contributed by atoms with E-state index < -0.39 is 10.0 Å². The van der Waals surface area contributed by atoms with E-state index in [0.717, 1.165) is 5.69 Å². The molecule has 0 saturated heterocycles. The van der Waals surface area contributed by atoms with Crippen molar-refractivity contribution in [2.75, 3.05) is 10.0 Å². The third kappa shape index (κ3) is 4.42. The van der Waals surface area contributed by atoms with Crippen LogP contribution in [0.5, 0.6) is 0 Å². The molecule has 8 nitrogen and oxygen atoms in total. The summed E-state index contributed by atoms with van der Waals surface area (Å²) in [5.74, 6) is 1.21. The predicted octanol–water partition coefficient (Wildman–Crippen LogP) is 4.17. The highest BCUT2D eigenvalue weighted by molar-refractivity contribution is 7.92. The average Bonchev–Trinajstić information content (AvgIpc) is 3.26. The van der Waals surface area contributed by atoms with Gasteiger partial charge in [0.05, 0.1) is 4.90 Å². The fourth-order valence-electron chi connectivity index (χ4n) is 2.79. The molecular weight excluding hydrogens is 424 g/mol. The maximum atomic E-state index is 12.7. The first-order chi connectivity index (χ1) is 14.4. The quantitative estimate of drug-likeness (QED) is 0.466. The second-order valence-electron chi connectivity index (χ2n) is 6.43. The fraction of sp³-hybridized carbons (Fsp3) is 0.0500. The number of nitrogens with zero attached hydrogens (tertiary/aromatic N) is 4. The van der Waals surface area contributed by atoms with Crippen molar-refractivity contribution in [3.8, 4) is 5.82 Å². The predicted molar refractivity (Wildman–Crippen MR) is 116 cm³/mol. The highest BCUT2D eigenvalue weighted by Gasteiger charge is 2.17. The average molecular weight is 441 g/mol. The van der Waals surface area contributed by atoms with Crippen LogP contribution >= 0.6 is 11.6 Å². The van der Waals surface area contributed by atoms with Crippen LogP contribution in [0.4, 0.5) is 17.2 Å². The molecule has 10 heteroatoms. The summed E-state index contributed by atoms with van der Waals surface area (Å²) in [5.41, 5.74) is 1.78. The summed E-state index contributed by atoms with van der Waals surface area (Å²) in [5, 5.41) is 7.66. The standard InChI is InChI=1S/C20H17ClN6O2S/c1-14-3-4-15(21)11-18(14)30(28,29)26-17-7-5-16(6-8-17)25-19-12-20(23-13-22-19)27-10-2-9-24-27/h2-13,26H,1H3,(H,22,23,25). The fourth-order valence-corrected chi connectivity index (χ4v) is 4.36. The van der Waals surface area contributed by atoms with Crippen LogP contribution in [-0.2, 0) is 10.0 Å². The number of nitrogens with one attached hydrogen (secondary N) is 2. The summed E-state index contributed by atoms with van der Waals surface area (Å²) in [4.78, 5) is 8.52. The van der Waals surface area contributed by atoms with Gasteiger partial charge in [0.25, 0.3) is 10.0 Å². The normalized spacial score (nSPS) is 11.3. The van der Waals surface area contributed by atoms with E-state index in [4.69, 9.17) is 11.6 Å². The molecule has 0 saturated carbocycles. The van der Waals surface area contributed by atoms with Crippen molar-refractivity contribution in [1.29, 1.82) is 0 Å². The number of halogens is 1. The number of anilines is 3. The summed E-state index contributed by atoms with van der Waals surface area (Å²) in [6, 6.07) is 15.1. The molecule has 0 atom stereocenters. The number of hydrogen-bond donors (Lipinski definition) is 2. The highest BCUT2D eigenvalue weighted by atomic mass is 35.5. The van der Waals surface area contributed by atoms with Gasteiger partial charge in [-0.15, -0.1) is 0 Å². The van der Waals surface area contributed by atoms with E-state index in [1.807, 2.05) is 0 Å². The van der Waals surface area contributed by atoms with Crippen molar-refractivity contribution in [2.24, 2.45) is 0 Å². The zero-order valence-corrected chi connectivity index (χ0v) is 17.4. The lowest BCUT2D eigenvalue weighted by Crippen LogP contribution is -2.14. The summed E-state index contributed by atoms with van der Waals surface area (Å²) in [7, 11) is -3.75. The molecule has 0 unspecified atom stereocenters. The molecular formula is C20H17ClN6O2S. The molecule has 0 amide bonds. The van der Waals surface area contributed by atoms with Crippen molar-refractivity contribution in [3.05, 3.63) is 83.9 Å². The van der Waals surface area contributed by atoms with Crippen LogP contribution in [0.1, 0.15) is 5.56 Å². The van der Waals surface area contributed by atoms with Gasteiger partial charge in [-0.25, -0.2) is 23.1 Å². The molecule has 4 rings (SSSR count). The molecule has 0 fully saturated rings. The van der Waals surface area contributed by atoms with Gasteiger partial charge >= 0.3 is 0 Å². The van der Waals surface area contributed by atoms with Gasteiger partial charge in [-0.3, -0.25) is 4.72 Å². The Morgan fingerprint density at radius 2 is 1.77 bits per heavy atom. The molecule has 0 aliphatic heterocycles. The topological polar surface area (TPSA) is 102 Å². The van der Waals surface area contributed by atoms with Gasteiger partial charge in [-0.2, -0.15) is 5.10 Å². The molecule has 0 spiro atoms. The maximum absolute atomic E-state index is 12.7. The monoisotopic (exact) mass is 440 g/mol. The van der Waals surface area contributed by atoms with Crippen LogP contribution in [0.3, 0.4) is 0 Å². The van der Waals surface area contributed by atoms with Gasteiger partial charge in [0, 0.05) is 34.9 Å². The van der Waals surface area contributed by atoms with E-state index in [0.29, 0.717) is 27.9 Å². The first-order valence-electron chi connectivity index (χ1n) is 8.89. The second-order valence-corrected chi connectivity index (χ2v) is 8.52. The van der Waals surface area contributed by atoms with Crippen molar-refractivity contribution >= 4 is 38.8 Å². The third-order valence-electron chi connectivity index (χ3n) is 4.24. The van der Waals surface area contributed by atoms with Gasteiger partial charge in [0.2, 0.25) is 0 Å². The minimum atomic E-state index is -3.75. The minimum absolute atomic E-state index is 0.143. The minimum Gasteiger partial charge on any atom is -0.340 e. The summed E-state index contributed by atoms with van der Waals surface area (Å²) < 4.78 is 29.6. The van der Waals surface area contributed by atoms with Gasteiger partial charge in [-0.05, 0) is 55.0 Å². The van der Waals surface area contributed by atoms with Crippen molar-refractivity contribution in [3.63, 3.8) is 0 Å². The highest BCUT2D eigenvalue weighted by Crippen LogP contribution is 2.24. The molecule has 2 heterocycles. The molecule has 0 radical (unpaired) electrons. The third-order valence-corrected chi connectivity index (χ3v) is 6.00. The Kier molecular flexibility index (Phi) is 5.39. The van der Waals surface area contributed by atoms with Crippen molar-refractivity contribution in [1.82, 2.24) is 19.7 Å². The van der Waals surface area contributed by atoms with Crippen LogP contribution in [0.2, 0.25) is 5.02 Å². The zero-order chi connectivity index (χ0) is 21.1. The zero-order valence-electron chi connectivity index (χ0n) is 15.8. The van der Waals surface area contributed by atoms with Crippen LogP contribution < -0.4 is 10.0 Å². The lowest BCUT2D eigenvalue weighted by molar-refractivity contribution is 0.600. The van der Waals surface area contributed by atoms with Gasteiger partial charge in [-0.1, -0.05) is 17.7 Å². The molecule has 0 aliphatic rings. The Labute approximate surface area is 178 Å². The Morgan fingerprint density at radius 3 is 2.50 bits per heavy atom. The number of benzene rings is 2. The molecule has 4 aromatic rings. The maximum Gasteiger partial charge on any atom is 0.262 e. The summed E-state index contributed by atoms with van der Waals surface area (Å²) in [6.07, 6.45) is 4.89. The van der Waals surface area contributed by atoms with E-state index in [9.17, 15) is 8.42 Å². The summed E-state index contributed by atoms with van der Waals surface area (Å²) >= 11 is 5.95. The van der Waals surface area contributed by atoms with Gasteiger partial charge in [0.1, 0.15) is 12.1 Å². The summed E-state index contributed by atoms with van der Waals surface area (Å²) in [6.45, 7) is 1.72. The number of sulfonamides is 1. The number of hydrogen-bond acceptors (Lipinski definition) is 6. The van der Waals surface area contributed by atoms with Gasteiger partial charge in [0.15, 0.2) is 5.82 Å². The number of rotatable bonds is 6. The van der Waals surface area contributed by atoms with Crippen molar-refractivity contribution < 1.29 is 8.42 Å². The van der Waals surface area contributed by atoms with E-state index in [1.165, 1.54) is 12.4 Å². The van der Waals surface area contributed by atoms with E-state index in [2.05, 4.69) is 25.1 Å². The van der Waals surface area contributed by atoms with Crippen LogP contribution in [0.15, 0.2) is 78.2 Å². The number of aryl methyl sites for hydroxylation is 1. The van der Waals surface area contributed by atoms with Crippen molar-refractivity contribution in [2.45, 2.75) is 11.8 Å². The first kappa shape index (κ1) is 19.9. The molecule has 152 valence electrons. The largest absolute Gasteiger partial charge is 0.340 e. The molecule has 2 N–H and O–H groups in total. The Morgan fingerprint density at radius 1 is 1.00 bits per heavy atom. The van der Waals surface area contributed by atoms with Gasteiger partial charge < -0.3 is 5.32 Å². The van der Waals surface area contributed by atoms with Crippen LogP contribution in [0.25, 0.3) is 5.82 Å². The van der Waals surface area contributed by atoms with Crippen LogP contribution in [-0.4, -0.2) is 28.2 Å². The SMILES string of the molecule is Cc1ccc(Cl)cc1S(=O)(=O)Nc1ccc(Nc2cc(-n3cccn3)ncn2)cc1. The second kappa shape index (κ2) is 8.13. The van der Waals surface area contributed by atoms with Crippen LogP contribution in [0, 0.1) is 6.92 Å². The molecule has 0 bridgehead atoms. The van der Waals surface area contributed by atoms with E-state index in [-0.39, 0.29) is 4.90 Å². The molecule has 2 aromatic carbocycles. The van der Waals surface area contributed by atoms with E-state index in [1.54, 1.807) is 72.5 Å². The lowest BCUT2D eigenvalue weighted by atomic mass is 10.2. The Hall–Kier alpha value is -3.43. The first-order valence-corrected chi connectivity index (χ1v) is 10.7. The number of aromatic nitrogens is 4. The Bertz CT molecular complexity index is 1280. The Balaban J connectivity index is 1.50. The lowest BCUT2D eigenvalue weighted by Gasteiger charge is -2.12. The molecule has 2 aromatic heterocycles. The molecule has 30 heavy (non-hydrogen) atoms. The smallest absolute Gasteiger partial charge is 0.262 e.